The third-order valence-electron chi connectivity index (χ3n) is 4.06. The number of carboxylic acids is 1. The first-order chi connectivity index (χ1) is 10.9. The van der Waals surface area contributed by atoms with Crippen LogP contribution in [0.2, 0.25) is 5.02 Å². The minimum atomic E-state index is -0.964. The molecule has 2 N–H and O–H groups in total. The Balaban J connectivity index is 2.22. The first-order valence-electron chi connectivity index (χ1n) is 7.35. The molecule has 2 atom stereocenters. The van der Waals surface area contributed by atoms with E-state index in [0.717, 1.165) is 12.8 Å². The Morgan fingerprint density at radius 1 is 1.22 bits per heavy atom. The molecule has 0 bridgehead atoms. The fraction of sp³-hybridized carbons (Fsp3) is 0.438. The van der Waals surface area contributed by atoms with Crippen LogP contribution in [-0.4, -0.2) is 30.1 Å². The number of hydrogen-bond donors (Lipinski definition) is 2. The number of carbonyl (C=O) groups is 3. The van der Waals surface area contributed by atoms with Crippen LogP contribution in [0, 0.1) is 11.8 Å². The van der Waals surface area contributed by atoms with Gasteiger partial charge in [-0.25, -0.2) is 4.79 Å². The molecule has 23 heavy (non-hydrogen) atoms. The fourth-order valence-corrected chi connectivity index (χ4v) is 3.04. The summed E-state index contributed by atoms with van der Waals surface area (Å²) in [4.78, 5) is 35.6. The molecule has 0 aromatic heterocycles. The Labute approximate surface area is 138 Å². The highest BCUT2D eigenvalue weighted by atomic mass is 35.5. The Kier molecular flexibility index (Phi) is 5.60. The first-order valence-corrected chi connectivity index (χ1v) is 7.73. The van der Waals surface area contributed by atoms with Crippen LogP contribution in [0.1, 0.15) is 36.0 Å². The lowest BCUT2D eigenvalue weighted by atomic mass is 9.78. The van der Waals surface area contributed by atoms with Crippen molar-refractivity contribution < 1.29 is 24.2 Å². The van der Waals surface area contributed by atoms with E-state index >= 15 is 0 Å². The summed E-state index contributed by atoms with van der Waals surface area (Å²) in [5.41, 5.74) is 0.400. The van der Waals surface area contributed by atoms with E-state index in [2.05, 4.69) is 10.1 Å². The summed E-state index contributed by atoms with van der Waals surface area (Å²) < 4.78 is 4.68. The second-order valence-electron chi connectivity index (χ2n) is 5.51. The predicted octanol–water partition coefficient (Wildman–Crippen LogP) is 2.96. The highest BCUT2D eigenvalue weighted by molar-refractivity contribution is 6.31. The molecule has 124 valence electrons. The summed E-state index contributed by atoms with van der Waals surface area (Å²) in [5.74, 6) is -3.29. The number of ether oxygens (including phenoxy) is 1. The summed E-state index contributed by atoms with van der Waals surface area (Å²) in [7, 11) is 1.23. The van der Waals surface area contributed by atoms with Gasteiger partial charge in [0.15, 0.2) is 0 Å². The van der Waals surface area contributed by atoms with Gasteiger partial charge in [-0.05, 0) is 31.0 Å². The lowest BCUT2D eigenvalue weighted by molar-refractivity contribution is -0.147. The van der Waals surface area contributed by atoms with E-state index in [4.69, 9.17) is 11.6 Å². The topological polar surface area (TPSA) is 92.7 Å². The van der Waals surface area contributed by atoms with Gasteiger partial charge in [0.05, 0.1) is 30.2 Å². The van der Waals surface area contributed by atoms with E-state index in [1.807, 2.05) is 0 Å². The van der Waals surface area contributed by atoms with Crippen LogP contribution in [-0.2, 0) is 14.3 Å². The molecule has 0 saturated heterocycles. The van der Waals surface area contributed by atoms with Crippen LogP contribution >= 0.6 is 11.6 Å². The number of carbonyl (C=O) groups excluding carboxylic acids is 2. The van der Waals surface area contributed by atoms with E-state index in [-0.39, 0.29) is 11.3 Å². The Hall–Kier alpha value is -2.08. The van der Waals surface area contributed by atoms with Crippen LogP contribution in [0.15, 0.2) is 18.2 Å². The lowest BCUT2D eigenvalue weighted by Gasteiger charge is -2.27. The standard InChI is InChI=1S/C16H18ClNO5/c1-23-16(22)12-8-9(17)6-7-13(12)18-14(19)10-4-2-3-5-11(10)15(20)21/h6-8,10-11H,2-5H2,1H3,(H,18,19)(H,20,21)/t10-,11+/m0/s1. The van der Waals surface area contributed by atoms with E-state index in [1.54, 1.807) is 6.07 Å². The Bertz CT molecular complexity index is 631. The number of methoxy groups -OCH3 is 1. The highest BCUT2D eigenvalue weighted by Gasteiger charge is 2.36. The zero-order valence-corrected chi connectivity index (χ0v) is 13.4. The predicted molar refractivity (Wildman–Crippen MR) is 84.5 cm³/mol. The van der Waals surface area contributed by atoms with Crippen LogP contribution in [0.25, 0.3) is 0 Å². The second-order valence-corrected chi connectivity index (χ2v) is 5.94. The average molecular weight is 340 g/mol. The molecule has 1 saturated carbocycles. The number of aliphatic carboxylic acids is 1. The molecule has 7 heteroatoms. The number of carboxylic acid groups (broad SMARTS) is 1. The normalized spacial score (nSPS) is 20.6. The molecule has 0 spiro atoms. The minimum absolute atomic E-state index is 0.135. The van der Waals surface area contributed by atoms with Gasteiger partial charge in [0.2, 0.25) is 5.91 Å². The fourth-order valence-electron chi connectivity index (χ4n) is 2.87. The summed E-state index contributed by atoms with van der Waals surface area (Å²) >= 11 is 5.87. The van der Waals surface area contributed by atoms with Crippen molar-refractivity contribution in [2.24, 2.45) is 11.8 Å². The SMILES string of the molecule is COC(=O)c1cc(Cl)ccc1NC(=O)[C@H]1CCCC[C@H]1C(=O)O. The van der Waals surface area contributed by atoms with E-state index < -0.39 is 29.7 Å². The molecule has 0 unspecified atom stereocenters. The van der Waals surface area contributed by atoms with Crippen molar-refractivity contribution in [2.75, 3.05) is 12.4 Å². The number of esters is 1. The van der Waals surface area contributed by atoms with Gasteiger partial charge < -0.3 is 15.2 Å². The molecular formula is C16H18ClNO5. The van der Waals surface area contributed by atoms with Crippen molar-refractivity contribution in [3.05, 3.63) is 28.8 Å². The molecule has 0 heterocycles. The van der Waals surface area contributed by atoms with Crippen molar-refractivity contribution in [1.29, 1.82) is 0 Å². The monoisotopic (exact) mass is 339 g/mol. The highest BCUT2D eigenvalue weighted by Crippen LogP contribution is 2.32. The quantitative estimate of drug-likeness (QED) is 0.823. The van der Waals surface area contributed by atoms with E-state index in [1.165, 1.54) is 19.2 Å². The molecule has 1 aliphatic carbocycles. The number of benzene rings is 1. The van der Waals surface area contributed by atoms with Crippen molar-refractivity contribution in [2.45, 2.75) is 25.7 Å². The number of rotatable bonds is 4. The Morgan fingerprint density at radius 3 is 2.48 bits per heavy atom. The molecule has 1 amide bonds. The zero-order chi connectivity index (χ0) is 17.0. The molecule has 1 aromatic carbocycles. The third kappa shape index (κ3) is 4.01. The Morgan fingerprint density at radius 2 is 1.87 bits per heavy atom. The van der Waals surface area contributed by atoms with Gasteiger partial charge in [-0.15, -0.1) is 0 Å². The van der Waals surface area contributed by atoms with Crippen molar-refractivity contribution in [3.8, 4) is 0 Å². The molecule has 1 aromatic rings. The summed E-state index contributed by atoms with van der Waals surface area (Å²) in [6.45, 7) is 0. The molecule has 2 rings (SSSR count). The van der Waals surface area contributed by atoms with Crippen LogP contribution < -0.4 is 5.32 Å². The van der Waals surface area contributed by atoms with E-state index in [0.29, 0.717) is 17.9 Å². The van der Waals surface area contributed by atoms with Gasteiger partial charge in [-0.1, -0.05) is 24.4 Å². The van der Waals surface area contributed by atoms with Gasteiger partial charge in [0.25, 0.3) is 0 Å². The minimum Gasteiger partial charge on any atom is -0.481 e. The first kappa shape index (κ1) is 17.3. The van der Waals surface area contributed by atoms with E-state index in [9.17, 15) is 19.5 Å². The third-order valence-corrected chi connectivity index (χ3v) is 4.30. The average Bonchev–Trinajstić information content (AvgIpc) is 2.55. The number of hydrogen-bond acceptors (Lipinski definition) is 4. The molecule has 0 radical (unpaired) electrons. The van der Waals surface area contributed by atoms with Gasteiger partial charge in [-0.3, -0.25) is 9.59 Å². The second kappa shape index (κ2) is 7.46. The number of anilines is 1. The van der Waals surface area contributed by atoms with Crippen LogP contribution in [0.4, 0.5) is 5.69 Å². The molecule has 1 aliphatic rings. The van der Waals surface area contributed by atoms with Crippen molar-refractivity contribution in [1.82, 2.24) is 0 Å². The molecular weight excluding hydrogens is 322 g/mol. The summed E-state index contributed by atoms with van der Waals surface area (Å²) in [6, 6.07) is 4.45. The number of amides is 1. The maximum atomic E-state index is 12.5. The maximum absolute atomic E-state index is 12.5. The largest absolute Gasteiger partial charge is 0.481 e. The van der Waals surface area contributed by atoms with Gasteiger partial charge in [0, 0.05) is 5.02 Å². The van der Waals surface area contributed by atoms with Crippen molar-refractivity contribution >= 4 is 35.1 Å². The summed E-state index contributed by atoms with van der Waals surface area (Å²) in [5, 5.41) is 12.3. The van der Waals surface area contributed by atoms with Crippen LogP contribution in [0.3, 0.4) is 0 Å². The summed E-state index contributed by atoms with van der Waals surface area (Å²) in [6.07, 6.45) is 2.61. The van der Waals surface area contributed by atoms with Gasteiger partial charge >= 0.3 is 11.9 Å². The van der Waals surface area contributed by atoms with Crippen molar-refractivity contribution in [3.63, 3.8) is 0 Å². The maximum Gasteiger partial charge on any atom is 0.340 e. The lowest BCUT2D eigenvalue weighted by Crippen LogP contribution is -2.36. The number of nitrogens with one attached hydrogen (secondary N) is 1. The zero-order valence-electron chi connectivity index (χ0n) is 12.7. The number of halogens is 1. The molecule has 1 fully saturated rings. The van der Waals surface area contributed by atoms with Gasteiger partial charge in [-0.2, -0.15) is 0 Å². The molecule has 6 nitrogen and oxygen atoms in total. The smallest absolute Gasteiger partial charge is 0.340 e. The van der Waals surface area contributed by atoms with Gasteiger partial charge in [0.1, 0.15) is 0 Å². The molecule has 0 aliphatic heterocycles. The van der Waals surface area contributed by atoms with Crippen LogP contribution in [0.5, 0.6) is 0 Å².